The maximum absolute atomic E-state index is 11.8. The number of rotatable bonds is 6. The topological polar surface area (TPSA) is 40.5 Å². The Morgan fingerprint density at radius 3 is 2.43 bits per heavy atom. The van der Waals surface area contributed by atoms with Crippen LogP contribution in [0.15, 0.2) is 11.6 Å². The van der Waals surface area contributed by atoms with Crippen LogP contribution in [-0.4, -0.2) is 35.6 Å². The van der Waals surface area contributed by atoms with E-state index in [4.69, 9.17) is 5.11 Å². The van der Waals surface area contributed by atoms with Gasteiger partial charge in [0.25, 0.3) is 0 Å². The van der Waals surface area contributed by atoms with Crippen molar-refractivity contribution in [2.45, 2.75) is 33.6 Å². The molecule has 14 heavy (non-hydrogen) atoms. The van der Waals surface area contributed by atoms with Gasteiger partial charge in [0.2, 0.25) is 5.91 Å². The summed E-state index contributed by atoms with van der Waals surface area (Å²) in [7, 11) is 0. The Kier molecular flexibility index (Phi) is 7.11. The van der Waals surface area contributed by atoms with E-state index < -0.39 is 0 Å². The van der Waals surface area contributed by atoms with E-state index in [2.05, 4.69) is 0 Å². The van der Waals surface area contributed by atoms with Crippen molar-refractivity contribution in [3.63, 3.8) is 0 Å². The van der Waals surface area contributed by atoms with Crippen LogP contribution in [0, 0.1) is 0 Å². The zero-order chi connectivity index (χ0) is 11.0. The third-order valence-corrected chi connectivity index (χ3v) is 2.00. The van der Waals surface area contributed by atoms with Gasteiger partial charge in [-0.1, -0.05) is 19.9 Å². The quantitative estimate of drug-likeness (QED) is 0.660. The van der Waals surface area contributed by atoms with Crippen molar-refractivity contribution in [1.29, 1.82) is 0 Å². The summed E-state index contributed by atoms with van der Waals surface area (Å²) in [6, 6.07) is 0. The molecule has 0 aliphatic rings. The number of allylic oxidation sites excluding steroid dienone is 1. The smallest absolute Gasteiger partial charge is 0.249 e. The molecule has 0 aromatic rings. The molecule has 0 rings (SSSR count). The number of amides is 1. The number of carbonyl (C=O) groups excluding carboxylic acids is 1. The number of hydrogen-bond acceptors (Lipinski definition) is 2. The first-order valence-corrected chi connectivity index (χ1v) is 5.24. The van der Waals surface area contributed by atoms with Crippen molar-refractivity contribution < 1.29 is 9.90 Å². The SMILES string of the molecule is CC/C=C(\C)C(=O)N(CCC)CCO. The van der Waals surface area contributed by atoms with Crippen molar-refractivity contribution in [3.05, 3.63) is 11.6 Å². The first kappa shape index (κ1) is 13.2. The monoisotopic (exact) mass is 199 g/mol. The van der Waals surface area contributed by atoms with Gasteiger partial charge >= 0.3 is 0 Å². The predicted octanol–water partition coefficient (Wildman–Crippen LogP) is 1.57. The van der Waals surface area contributed by atoms with Crippen LogP contribution >= 0.6 is 0 Å². The molecule has 0 heterocycles. The van der Waals surface area contributed by atoms with E-state index in [9.17, 15) is 4.79 Å². The molecule has 1 N–H and O–H groups in total. The van der Waals surface area contributed by atoms with Gasteiger partial charge in [0.05, 0.1) is 6.61 Å². The fraction of sp³-hybridized carbons (Fsp3) is 0.727. The van der Waals surface area contributed by atoms with Crippen LogP contribution in [0.2, 0.25) is 0 Å². The van der Waals surface area contributed by atoms with Gasteiger partial charge in [-0.2, -0.15) is 0 Å². The Labute approximate surface area is 86.4 Å². The summed E-state index contributed by atoms with van der Waals surface area (Å²) in [5.74, 6) is 0.0442. The molecule has 0 aromatic carbocycles. The molecular weight excluding hydrogens is 178 g/mol. The van der Waals surface area contributed by atoms with Crippen LogP contribution in [-0.2, 0) is 4.79 Å². The van der Waals surface area contributed by atoms with Crippen LogP contribution in [0.3, 0.4) is 0 Å². The zero-order valence-electron chi connectivity index (χ0n) is 9.42. The van der Waals surface area contributed by atoms with Gasteiger partial charge in [-0.3, -0.25) is 4.79 Å². The maximum atomic E-state index is 11.8. The van der Waals surface area contributed by atoms with Crippen LogP contribution in [0.25, 0.3) is 0 Å². The fourth-order valence-electron chi connectivity index (χ4n) is 1.35. The van der Waals surface area contributed by atoms with E-state index in [1.807, 2.05) is 26.8 Å². The van der Waals surface area contributed by atoms with Crippen LogP contribution in [0.5, 0.6) is 0 Å². The number of aliphatic hydroxyl groups excluding tert-OH is 1. The predicted molar refractivity (Wildman–Crippen MR) is 58.0 cm³/mol. The maximum Gasteiger partial charge on any atom is 0.249 e. The molecule has 0 fully saturated rings. The lowest BCUT2D eigenvalue weighted by Gasteiger charge is -2.21. The van der Waals surface area contributed by atoms with Crippen molar-refractivity contribution in [2.24, 2.45) is 0 Å². The molecule has 3 nitrogen and oxygen atoms in total. The van der Waals surface area contributed by atoms with Crippen LogP contribution < -0.4 is 0 Å². The standard InChI is InChI=1S/C11H21NO2/c1-4-6-10(3)11(14)12(7-5-2)8-9-13/h6,13H,4-5,7-9H2,1-3H3/b10-6+. The highest BCUT2D eigenvalue weighted by Crippen LogP contribution is 2.03. The highest BCUT2D eigenvalue weighted by Gasteiger charge is 2.12. The average Bonchev–Trinajstić information content (AvgIpc) is 2.17. The lowest BCUT2D eigenvalue weighted by molar-refractivity contribution is -0.127. The summed E-state index contributed by atoms with van der Waals surface area (Å²) >= 11 is 0. The van der Waals surface area contributed by atoms with Gasteiger partial charge in [0.1, 0.15) is 0 Å². The van der Waals surface area contributed by atoms with Crippen molar-refractivity contribution in [1.82, 2.24) is 4.90 Å². The molecule has 0 radical (unpaired) electrons. The summed E-state index contributed by atoms with van der Waals surface area (Å²) in [5, 5.41) is 8.81. The highest BCUT2D eigenvalue weighted by molar-refractivity contribution is 5.92. The van der Waals surface area contributed by atoms with Crippen molar-refractivity contribution in [3.8, 4) is 0 Å². The number of carbonyl (C=O) groups is 1. The van der Waals surface area contributed by atoms with E-state index in [1.165, 1.54) is 0 Å². The van der Waals surface area contributed by atoms with E-state index >= 15 is 0 Å². The number of aliphatic hydroxyl groups is 1. The Balaban J connectivity index is 4.34. The molecule has 3 heteroatoms. The van der Waals surface area contributed by atoms with E-state index in [-0.39, 0.29) is 12.5 Å². The Morgan fingerprint density at radius 1 is 1.36 bits per heavy atom. The second kappa shape index (κ2) is 7.56. The third kappa shape index (κ3) is 4.42. The normalized spacial score (nSPS) is 11.6. The summed E-state index contributed by atoms with van der Waals surface area (Å²) < 4.78 is 0. The summed E-state index contributed by atoms with van der Waals surface area (Å²) in [6.07, 6.45) is 3.71. The minimum Gasteiger partial charge on any atom is -0.395 e. The average molecular weight is 199 g/mol. The molecule has 0 unspecified atom stereocenters. The molecule has 0 bridgehead atoms. The van der Waals surface area contributed by atoms with Gasteiger partial charge in [-0.25, -0.2) is 0 Å². The summed E-state index contributed by atoms with van der Waals surface area (Å²) in [5.41, 5.74) is 0.773. The number of hydrogen-bond donors (Lipinski definition) is 1. The molecule has 0 atom stereocenters. The van der Waals surface area contributed by atoms with Gasteiger partial charge < -0.3 is 10.0 Å². The lowest BCUT2D eigenvalue weighted by atomic mass is 10.2. The largest absolute Gasteiger partial charge is 0.395 e. The molecule has 0 aromatic heterocycles. The molecular formula is C11H21NO2. The molecule has 0 spiro atoms. The van der Waals surface area contributed by atoms with Gasteiger partial charge in [-0.15, -0.1) is 0 Å². The molecule has 0 aliphatic heterocycles. The van der Waals surface area contributed by atoms with E-state index in [0.29, 0.717) is 13.1 Å². The highest BCUT2D eigenvalue weighted by atomic mass is 16.3. The zero-order valence-corrected chi connectivity index (χ0v) is 9.42. The Bertz CT molecular complexity index is 193. The minimum absolute atomic E-state index is 0.0329. The second-order valence-electron chi connectivity index (χ2n) is 3.31. The van der Waals surface area contributed by atoms with Gasteiger partial charge in [0.15, 0.2) is 0 Å². The summed E-state index contributed by atoms with van der Waals surface area (Å²) in [4.78, 5) is 13.5. The van der Waals surface area contributed by atoms with Gasteiger partial charge in [-0.05, 0) is 19.8 Å². The molecule has 0 saturated heterocycles. The summed E-state index contributed by atoms with van der Waals surface area (Å²) in [6.45, 7) is 7.04. The third-order valence-electron chi connectivity index (χ3n) is 2.00. The first-order chi connectivity index (χ1) is 6.67. The molecule has 1 amide bonds. The molecule has 0 aliphatic carbocycles. The Morgan fingerprint density at radius 2 is 2.00 bits per heavy atom. The van der Waals surface area contributed by atoms with Crippen LogP contribution in [0.4, 0.5) is 0 Å². The molecule has 82 valence electrons. The van der Waals surface area contributed by atoms with Crippen molar-refractivity contribution in [2.75, 3.05) is 19.7 Å². The lowest BCUT2D eigenvalue weighted by Crippen LogP contribution is -2.34. The van der Waals surface area contributed by atoms with Crippen LogP contribution in [0.1, 0.15) is 33.6 Å². The second-order valence-corrected chi connectivity index (χ2v) is 3.31. The van der Waals surface area contributed by atoms with Gasteiger partial charge in [0, 0.05) is 18.7 Å². The Hall–Kier alpha value is -0.830. The van der Waals surface area contributed by atoms with E-state index in [1.54, 1.807) is 4.90 Å². The first-order valence-electron chi connectivity index (χ1n) is 5.24. The number of nitrogens with zero attached hydrogens (tertiary/aromatic N) is 1. The minimum atomic E-state index is 0.0329. The molecule has 0 saturated carbocycles. The van der Waals surface area contributed by atoms with E-state index in [0.717, 1.165) is 18.4 Å². The fourth-order valence-corrected chi connectivity index (χ4v) is 1.35. The van der Waals surface area contributed by atoms with Crippen molar-refractivity contribution >= 4 is 5.91 Å².